The largest absolute Gasteiger partial charge is 0.344 e. The Balaban J connectivity index is 1.54. The van der Waals surface area contributed by atoms with E-state index in [2.05, 4.69) is 44.0 Å². The Labute approximate surface area is 124 Å². The number of nitrogens with one attached hydrogen (secondary N) is 1. The van der Waals surface area contributed by atoms with Crippen LogP contribution >= 0.6 is 0 Å². The standard InChI is InChI=1S/C15H22N6/c1-20(9-10-3-4-10)15-19-18-14(21(15)2)11-5-6-13-12(7-11)8-16-17-13/h8,10-11H,3-7,9H2,1-2H3,(H,16,17). The molecule has 6 heteroatoms. The van der Waals surface area contributed by atoms with Gasteiger partial charge in [0.15, 0.2) is 0 Å². The first-order valence-corrected chi connectivity index (χ1v) is 7.84. The van der Waals surface area contributed by atoms with Crippen LogP contribution in [0.25, 0.3) is 0 Å². The maximum absolute atomic E-state index is 4.49. The molecule has 1 atom stereocenters. The van der Waals surface area contributed by atoms with Crippen molar-refractivity contribution in [3.8, 4) is 0 Å². The van der Waals surface area contributed by atoms with Crippen molar-refractivity contribution in [3.05, 3.63) is 23.3 Å². The second-order valence-electron chi connectivity index (χ2n) is 6.55. The quantitative estimate of drug-likeness (QED) is 0.928. The fourth-order valence-corrected chi connectivity index (χ4v) is 3.43. The molecule has 0 aliphatic heterocycles. The molecule has 2 aromatic rings. The summed E-state index contributed by atoms with van der Waals surface area (Å²) in [5, 5.41) is 16.2. The van der Waals surface area contributed by atoms with Gasteiger partial charge in [-0.3, -0.25) is 5.10 Å². The van der Waals surface area contributed by atoms with Gasteiger partial charge in [0.2, 0.25) is 5.95 Å². The van der Waals surface area contributed by atoms with E-state index in [9.17, 15) is 0 Å². The highest BCUT2D eigenvalue weighted by atomic mass is 15.4. The van der Waals surface area contributed by atoms with E-state index in [-0.39, 0.29) is 0 Å². The number of fused-ring (bicyclic) bond motifs is 1. The molecule has 0 amide bonds. The molecule has 2 heterocycles. The third-order valence-electron chi connectivity index (χ3n) is 4.84. The highest BCUT2D eigenvalue weighted by Crippen LogP contribution is 2.33. The van der Waals surface area contributed by atoms with E-state index >= 15 is 0 Å². The summed E-state index contributed by atoms with van der Waals surface area (Å²) in [5.41, 5.74) is 2.63. The summed E-state index contributed by atoms with van der Waals surface area (Å²) < 4.78 is 2.18. The van der Waals surface area contributed by atoms with Crippen molar-refractivity contribution in [2.45, 2.75) is 38.0 Å². The molecular formula is C15H22N6. The summed E-state index contributed by atoms with van der Waals surface area (Å²) >= 11 is 0. The Morgan fingerprint density at radius 2 is 2.19 bits per heavy atom. The van der Waals surface area contributed by atoms with Gasteiger partial charge in [-0.25, -0.2) is 0 Å². The minimum atomic E-state index is 0.454. The van der Waals surface area contributed by atoms with Gasteiger partial charge >= 0.3 is 0 Å². The molecule has 2 aliphatic rings. The van der Waals surface area contributed by atoms with Crippen molar-refractivity contribution < 1.29 is 0 Å². The lowest BCUT2D eigenvalue weighted by molar-refractivity contribution is 0.532. The van der Waals surface area contributed by atoms with Gasteiger partial charge in [-0.15, -0.1) is 10.2 Å². The molecule has 1 saturated carbocycles. The number of hydrogen-bond acceptors (Lipinski definition) is 4. The number of H-pyrrole nitrogens is 1. The minimum absolute atomic E-state index is 0.454. The summed E-state index contributed by atoms with van der Waals surface area (Å²) in [6.45, 7) is 1.10. The van der Waals surface area contributed by atoms with Gasteiger partial charge in [-0.05, 0) is 43.6 Å². The van der Waals surface area contributed by atoms with Gasteiger partial charge in [-0.1, -0.05) is 0 Å². The van der Waals surface area contributed by atoms with E-state index in [1.165, 1.54) is 24.1 Å². The molecule has 2 aliphatic carbocycles. The van der Waals surface area contributed by atoms with Gasteiger partial charge in [0.1, 0.15) is 5.82 Å². The summed E-state index contributed by atoms with van der Waals surface area (Å²) in [4.78, 5) is 2.25. The van der Waals surface area contributed by atoms with Crippen LogP contribution in [0.5, 0.6) is 0 Å². The first-order valence-electron chi connectivity index (χ1n) is 7.84. The van der Waals surface area contributed by atoms with E-state index in [1.54, 1.807) is 0 Å². The fourth-order valence-electron chi connectivity index (χ4n) is 3.43. The molecule has 1 fully saturated rings. The molecule has 0 saturated heterocycles. The molecule has 112 valence electrons. The monoisotopic (exact) mass is 286 g/mol. The van der Waals surface area contributed by atoms with Crippen molar-refractivity contribution in [2.24, 2.45) is 13.0 Å². The van der Waals surface area contributed by atoms with Crippen molar-refractivity contribution in [3.63, 3.8) is 0 Å². The summed E-state index contributed by atoms with van der Waals surface area (Å²) in [7, 11) is 4.22. The number of aromatic amines is 1. The van der Waals surface area contributed by atoms with Crippen LogP contribution in [-0.4, -0.2) is 38.6 Å². The number of hydrogen-bond donors (Lipinski definition) is 1. The van der Waals surface area contributed by atoms with Crippen LogP contribution in [0.3, 0.4) is 0 Å². The van der Waals surface area contributed by atoms with Crippen LogP contribution in [-0.2, 0) is 19.9 Å². The molecule has 21 heavy (non-hydrogen) atoms. The molecule has 0 bridgehead atoms. The highest BCUT2D eigenvalue weighted by molar-refractivity contribution is 5.32. The van der Waals surface area contributed by atoms with E-state index < -0.39 is 0 Å². The average molecular weight is 286 g/mol. The van der Waals surface area contributed by atoms with Crippen molar-refractivity contribution in [1.29, 1.82) is 0 Å². The predicted octanol–water partition coefficient (Wildman–Crippen LogP) is 1.66. The zero-order chi connectivity index (χ0) is 14.4. The smallest absolute Gasteiger partial charge is 0.226 e. The molecule has 1 unspecified atom stereocenters. The van der Waals surface area contributed by atoms with Crippen molar-refractivity contribution in [1.82, 2.24) is 25.0 Å². The fraction of sp³-hybridized carbons (Fsp3) is 0.667. The van der Waals surface area contributed by atoms with Gasteiger partial charge in [-0.2, -0.15) is 5.10 Å². The van der Waals surface area contributed by atoms with Crippen LogP contribution in [0, 0.1) is 5.92 Å². The van der Waals surface area contributed by atoms with Crippen LogP contribution in [0.4, 0.5) is 5.95 Å². The van der Waals surface area contributed by atoms with E-state index in [0.717, 1.165) is 43.5 Å². The number of nitrogens with zero attached hydrogens (tertiary/aromatic N) is 5. The van der Waals surface area contributed by atoms with Gasteiger partial charge < -0.3 is 9.47 Å². The van der Waals surface area contributed by atoms with Gasteiger partial charge in [0.05, 0.1) is 6.20 Å². The SMILES string of the molecule is CN(CC1CC1)c1nnc(C2CCc3[nH]ncc3C2)n1C. The highest BCUT2D eigenvalue weighted by Gasteiger charge is 2.28. The summed E-state index contributed by atoms with van der Waals surface area (Å²) in [5.74, 6) is 3.42. The molecular weight excluding hydrogens is 264 g/mol. The van der Waals surface area contributed by atoms with E-state index in [0.29, 0.717) is 5.92 Å². The lowest BCUT2D eigenvalue weighted by Crippen LogP contribution is -2.24. The maximum atomic E-state index is 4.49. The number of rotatable bonds is 4. The summed E-state index contributed by atoms with van der Waals surface area (Å²) in [6.07, 6.45) is 7.87. The average Bonchev–Trinajstić information content (AvgIpc) is 3.01. The topological polar surface area (TPSA) is 62.6 Å². The first kappa shape index (κ1) is 12.9. The number of anilines is 1. The van der Waals surface area contributed by atoms with Crippen molar-refractivity contribution >= 4 is 5.95 Å². The molecule has 0 spiro atoms. The van der Waals surface area contributed by atoms with Gasteiger partial charge in [0, 0.05) is 32.3 Å². The zero-order valence-electron chi connectivity index (χ0n) is 12.7. The second-order valence-corrected chi connectivity index (χ2v) is 6.55. The predicted molar refractivity (Wildman–Crippen MR) is 80.4 cm³/mol. The number of aromatic nitrogens is 5. The third kappa shape index (κ3) is 2.32. The zero-order valence-corrected chi connectivity index (χ0v) is 12.7. The maximum Gasteiger partial charge on any atom is 0.226 e. The van der Waals surface area contributed by atoms with E-state index in [4.69, 9.17) is 0 Å². The van der Waals surface area contributed by atoms with Crippen LogP contribution in [0.2, 0.25) is 0 Å². The Morgan fingerprint density at radius 3 is 3.00 bits per heavy atom. The molecule has 4 rings (SSSR count). The van der Waals surface area contributed by atoms with Crippen molar-refractivity contribution in [2.75, 3.05) is 18.5 Å². The lowest BCUT2D eigenvalue weighted by atomic mass is 9.87. The Hall–Kier alpha value is -1.85. The van der Waals surface area contributed by atoms with Crippen LogP contribution in [0.1, 0.15) is 42.3 Å². The minimum Gasteiger partial charge on any atom is -0.344 e. The molecule has 2 aromatic heterocycles. The normalized spacial score (nSPS) is 21.3. The molecule has 6 nitrogen and oxygen atoms in total. The van der Waals surface area contributed by atoms with Crippen LogP contribution in [0.15, 0.2) is 6.20 Å². The molecule has 1 N–H and O–H groups in total. The molecule has 0 radical (unpaired) electrons. The second kappa shape index (κ2) is 4.86. The molecule has 0 aromatic carbocycles. The summed E-state index contributed by atoms with van der Waals surface area (Å²) in [6, 6.07) is 0. The van der Waals surface area contributed by atoms with E-state index in [1.807, 2.05) is 6.20 Å². The van der Waals surface area contributed by atoms with Crippen LogP contribution < -0.4 is 4.90 Å². The number of aryl methyl sites for hydroxylation is 1. The first-order chi connectivity index (χ1) is 10.2. The Morgan fingerprint density at radius 1 is 1.33 bits per heavy atom. The lowest BCUT2D eigenvalue weighted by Gasteiger charge is -2.22. The Bertz CT molecular complexity index is 638. The van der Waals surface area contributed by atoms with Gasteiger partial charge in [0.25, 0.3) is 0 Å². The Kier molecular flexibility index (Phi) is 2.97. The third-order valence-corrected chi connectivity index (χ3v) is 4.84.